The standard InChI is InChI=1S/C23H25F3N2O5S2/c1-22(29,23(24,25)26)17-6-8-18(9-7-17)28-11-10-27(35(30,31)21-5-3-13-34-21)14-19(28)15-32-16-20-4-2-12-33-20/h2-9,12-13,19,29H,10-11,14-16H2,1H3/t19-,22+/m1/s1. The van der Waals surface area contributed by atoms with Crippen LogP contribution in [-0.4, -0.2) is 56.3 Å². The Balaban J connectivity index is 1.55. The molecule has 0 aliphatic carbocycles. The van der Waals surface area contributed by atoms with Gasteiger partial charge in [0.1, 0.15) is 16.6 Å². The number of anilines is 1. The van der Waals surface area contributed by atoms with Crippen LogP contribution in [0.25, 0.3) is 0 Å². The number of piperazine rings is 1. The van der Waals surface area contributed by atoms with Crippen molar-refractivity contribution in [1.82, 2.24) is 4.31 Å². The Kier molecular flexibility index (Phi) is 7.30. The van der Waals surface area contributed by atoms with E-state index in [1.807, 2.05) is 4.90 Å². The highest BCUT2D eigenvalue weighted by molar-refractivity contribution is 7.91. The minimum Gasteiger partial charge on any atom is -0.467 e. The molecule has 2 aromatic heterocycles. The van der Waals surface area contributed by atoms with Crippen molar-refractivity contribution in [2.45, 2.75) is 35.6 Å². The summed E-state index contributed by atoms with van der Waals surface area (Å²) in [5.74, 6) is 0.620. The average molecular weight is 531 g/mol. The summed E-state index contributed by atoms with van der Waals surface area (Å²) in [4.78, 5) is 1.91. The number of benzene rings is 1. The van der Waals surface area contributed by atoms with Crippen LogP contribution < -0.4 is 4.90 Å². The minimum atomic E-state index is -4.82. The number of alkyl halides is 3. The monoisotopic (exact) mass is 530 g/mol. The normalized spacial score (nSPS) is 19.6. The molecule has 12 heteroatoms. The van der Waals surface area contributed by atoms with Crippen molar-refractivity contribution in [2.24, 2.45) is 0 Å². The first kappa shape index (κ1) is 25.7. The van der Waals surface area contributed by atoms with Gasteiger partial charge in [0, 0.05) is 25.3 Å². The Morgan fingerprint density at radius 1 is 1.14 bits per heavy atom. The molecule has 1 aliphatic rings. The van der Waals surface area contributed by atoms with E-state index in [-0.39, 0.29) is 36.1 Å². The third-order valence-electron chi connectivity index (χ3n) is 5.98. The molecule has 190 valence electrons. The quantitative estimate of drug-likeness (QED) is 0.470. The first-order valence-electron chi connectivity index (χ1n) is 10.8. The molecule has 3 aromatic rings. The minimum absolute atomic E-state index is 0.139. The van der Waals surface area contributed by atoms with Gasteiger partial charge in [0.05, 0.1) is 18.9 Å². The summed E-state index contributed by atoms with van der Waals surface area (Å²) in [7, 11) is -3.67. The topological polar surface area (TPSA) is 83.2 Å². The van der Waals surface area contributed by atoms with Crippen molar-refractivity contribution in [3.63, 3.8) is 0 Å². The predicted octanol–water partition coefficient (Wildman–Crippen LogP) is 4.21. The van der Waals surface area contributed by atoms with Gasteiger partial charge in [-0.3, -0.25) is 0 Å². The van der Waals surface area contributed by atoms with Gasteiger partial charge in [0.2, 0.25) is 0 Å². The van der Waals surface area contributed by atoms with Crippen LogP contribution in [0.5, 0.6) is 0 Å². The predicted molar refractivity (Wildman–Crippen MR) is 125 cm³/mol. The zero-order valence-electron chi connectivity index (χ0n) is 18.8. The zero-order valence-corrected chi connectivity index (χ0v) is 20.4. The highest BCUT2D eigenvalue weighted by Crippen LogP contribution is 2.39. The lowest BCUT2D eigenvalue weighted by Crippen LogP contribution is -2.56. The summed E-state index contributed by atoms with van der Waals surface area (Å²) < 4.78 is 78.5. The molecule has 0 spiro atoms. The van der Waals surface area contributed by atoms with E-state index in [9.17, 15) is 26.7 Å². The molecule has 1 N–H and O–H groups in total. The molecule has 7 nitrogen and oxygen atoms in total. The second kappa shape index (κ2) is 9.94. The molecule has 2 atom stereocenters. The number of thiophene rings is 1. The van der Waals surface area contributed by atoms with Crippen LogP contribution in [0, 0.1) is 0 Å². The van der Waals surface area contributed by atoms with E-state index in [2.05, 4.69) is 0 Å². The number of sulfonamides is 1. The Labute approximate surface area is 205 Å². The average Bonchev–Trinajstić information content (AvgIpc) is 3.53. The molecule has 1 fully saturated rings. The molecule has 35 heavy (non-hydrogen) atoms. The molecule has 1 aromatic carbocycles. The van der Waals surface area contributed by atoms with Gasteiger partial charge in [-0.15, -0.1) is 11.3 Å². The van der Waals surface area contributed by atoms with Gasteiger partial charge in [0.15, 0.2) is 5.60 Å². The smallest absolute Gasteiger partial charge is 0.421 e. The van der Waals surface area contributed by atoms with Crippen LogP contribution in [0.15, 0.2) is 68.8 Å². The van der Waals surface area contributed by atoms with Crippen molar-refractivity contribution in [2.75, 3.05) is 31.1 Å². The van der Waals surface area contributed by atoms with E-state index >= 15 is 0 Å². The van der Waals surface area contributed by atoms with Crippen molar-refractivity contribution < 1.29 is 35.8 Å². The second-order valence-corrected chi connectivity index (χ2v) is 11.5. The molecule has 0 radical (unpaired) electrons. The summed E-state index contributed by atoms with van der Waals surface area (Å²) >= 11 is 1.14. The van der Waals surface area contributed by atoms with Gasteiger partial charge in [-0.1, -0.05) is 18.2 Å². The maximum atomic E-state index is 13.2. The molecule has 3 heterocycles. The number of hydrogen-bond acceptors (Lipinski definition) is 7. The van der Waals surface area contributed by atoms with Crippen molar-refractivity contribution >= 4 is 27.0 Å². The second-order valence-electron chi connectivity index (χ2n) is 8.35. The first-order valence-corrected chi connectivity index (χ1v) is 13.1. The summed E-state index contributed by atoms with van der Waals surface area (Å²) in [6.45, 7) is 1.73. The van der Waals surface area contributed by atoms with Gasteiger partial charge in [-0.2, -0.15) is 17.5 Å². The van der Waals surface area contributed by atoms with E-state index in [0.29, 0.717) is 24.9 Å². The number of rotatable bonds is 8. The fourth-order valence-corrected chi connectivity index (χ4v) is 6.51. The Bertz CT molecular complexity index is 1200. The van der Waals surface area contributed by atoms with Crippen LogP contribution in [-0.2, 0) is 27.0 Å². The number of hydrogen-bond donors (Lipinski definition) is 1. The number of ether oxygens (including phenoxy) is 1. The molecule has 0 unspecified atom stereocenters. The molecule has 0 saturated carbocycles. The SMILES string of the molecule is C[C@](O)(c1ccc(N2CCN(S(=O)(=O)c3cccs3)C[C@@H]2COCc2ccco2)cc1)C(F)(F)F. The highest BCUT2D eigenvalue weighted by atomic mass is 32.2. The van der Waals surface area contributed by atoms with Gasteiger partial charge >= 0.3 is 6.18 Å². The number of nitrogens with zero attached hydrogens (tertiary/aromatic N) is 2. The molecular weight excluding hydrogens is 505 g/mol. The molecule has 1 saturated heterocycles. The van der Waals surface area contributed by atoms with E-state index in [0.717, 1.165) is 11.3 Å². The van der Waals surface area contributed by atoms with E-state index in [4.69, 9.17) is 9.15 Å². The molecule has 1 aliphatic heterocycles. The summed E-state index contributed by atoms with van der Waals surface area (Å²) in [6.07, 6.45) is -3.29. The summed E-state index contributed by atoms with van der Waals surface area (Å²) in [5.41, 5.74) is -2.66. The Hall–Kier alpha value is -2.38. The van der Waals surface area contributed by atoms with Crippen LogP contribution in [0.3, 0.4) is 0 Å². The molecule has 0 amide bonds. The van der Waals surface area contributed by atoms with Crippen molar-refractivity contribution in [1.29, 1.82) is 0 Å². The lowest BCUT2D eigenvalue weighted by molar-refractivity contribution is -0.258. The maximum absolute atomic E-state index is 13.2. The highest BCUT2D eigenvalue weighted by Gasteiger charge is 2.51. The lowest BCUT2D eigenvalue weighted by Gasteiger charge is -2.42. The molecule has 4 rings (SSSR count). The van der Waals surface area contributed by atoms with E-state index < -0.39 is 27.8 Å². The van der Waals surface area contributed by atoms with Crippen LogP contribution >= 0.6 is 11.3 Å². The maximum Gasteiger partial charge on any atom is 0.421 e. The van der Waals surface area contributed by atoms with Crippen LogP contribution in [0.2, 0.25) is 0 Å². The third kappa shape index (κ3) is 5.41. The van der Waals surface area contributed by atoms with Crippen LogP contribution in [0.1, 0.15) is 18.2 Å². The molecule has 0 bridgehead atoms. The fraction of sp³-hybridized carbons (Fsp3) is 0.391. The summed E-state index contributed by atoms with van der Waals surface area (Å²) in [5, 5.41) is 11.7. The number of aliphatic hydroxyl groups is 1. The first-order chi connectivity index (χ1) is 16.5. The van der Waals surface area contributed by atoms with Gasteiger partial charge in [-0.05, 0) is 48.2 Å². The largest absolute Gasteiger partial charge is 0.467 e. The third-order valence-corrected chi connectivity index (χ3v) is 9.22. The zero-order chi connectivity index (χ0) is 25.3. The van der Waals surface area contributed by atoms with Gasteiger partial charge in [0.25, 0.3) is 10.0 Å². The Morgan fingerprint density at radius 2 is 1.89 bits per heavy atom. The Morgan fingerprint density at radius 3 is 2.49 bits per heavy atom. The number of furan rings is 1. The van der Waals surface area contributed by atoms with Crippen molar-refractivity contribution in [3.8, 4) is 0 Å². The van der Waals surface area contributed by atoms with Gasteiger partial charge < -0.3 is 19.2 Å². The van der Waals surface area contributed by atoms with E-state index in [1.54, 1.807) is 29.6 Å². The summed E-state index contributed by atoms with van der Waals surface area (Å²) in [6, 6.07) is 11.8. The van der Waals surface area contributed by atoms with Crippen molar-refractivity contribution in [3.05, 3.63) is 71.5 Å². The molecular formula is C23H25F3N2O5S2. The number of halogens is 3. The van der Waals surface area contributed by atoms with Gasteiger partial charge in [-0.25, -0.2) is 8.42 Å². The van der Waals surface area contributed by atoms with Crippen LogP contribution in [0.4, 0.5) is 18.9 Å². The lowest BCUT2D eigenvalue weighted by atomic mass is 9.95. The van der Waals surface area contributed by atoms with E-state index in [1.165, 1.54) is 34.8 Å². The fourth-order valence-electron chi connectivity index (χ4n) is 3.90.